The van der Waals surface area contributed by atoms with Gasteiger partial charge >= 0.3 is 0 Å². The smallest absolute Gasteiger partial charge is 0.124 e. The number of benzene rings is 1. The lowest BCUT2D eigenvalue weighted by Gasteiger charge is -2.25. The lowest BCUT2D eigenvalue weighted by atomic mass is 9.89. The van der Waals surface area contributed by atoms with Crippen molar-refractivity contribution < 1.29 is 4.74 Å². The fourth-order valence-electron chi connectivity index (χ4n) is 1.46. The molecule has 14 heavy (non-hydrogen) atoms. The first-order valence-corrected chi connectivity index (χ1v) is 4.95. The second-order valence-electron chi connectivity index (χ2n) is 3.97. The molecule has 0 saturated carbocycles. The molecule has 0 aliphatic carbocycles. The van der Waals surface area contributed by atoms with Gasteiger partial charge in [0, 0.05) is 11.1 Å². The highest BCUT2D eigenvalue weighted by Gasteiger charge is 2.22. The summed E-state index contributed by atoms with van der Waals surface area (Å²) >= 11 is 0. The summed E-state index contributed by atoms with van der Waals surface area (Å²) in [6.07, 6.45) is 0.895. The van der Waals surface area contributed by atoms with Crippen molar-refractivity contribution in [3.8, 4) is 5.75 Å². The van der Waals surface area contributed by atoms with E-state index in [1.54, 1.807) is 7.11 Å². The van der Waals surface area contributed by atoms with Crippen molar-refractivity contribution in [1.29, 1.82) is 0 Å². The molecule has 1 rings (SSSR count). The van der Waals surface area contributed by atoms with Gasteiger partial charge in [0.05, 0.1) is 7.11 Å². The number of rotatable bonds is 3. The molecule has 78 valence electrons. The lowest BCUT2D eigenvalue weighted by molar-refractivity contribution is 0.383. The normalized spacial score (nSPS) is 14.9. The van der Waals surface area contributed by atoms with Crippen LogP contribution in [0.25, 0.3) is 0 Å². The molecule has 0 saturated heterocycles. The molecule has 0 bridgehead atoms. The van der Waals surface area contributed by atoms with Gasteiger partial charge < -0.3 is 10.5 Å². The monoisotopic (exact) mass is 193 g/mol. The zero-order valence-corrected chi connectivity index (χ0v) is 9.42. The van der Waals surface area contributed by atoms with Gasteiger partial charge in [-0.25, -0.2) is 0 Å². The van der Waals surface area contributed by atoms with Gasteiger partial charge in [-0.3, -0.25) is 0 Å². The maximum absolute atomic E-state index is 6.18. The van der Waals surface area contributed by atoms with Gasteiger partial charge in [-0.15, -0.1) is 0 Å². The van der Waals surface area contributed by atoms with Crippen molar-refractivity contribution in [3.63, 3.8) is 0 Å². The van der Waals surface area contributed by atoms with Gasteiger partial charge in [0.2, 0.25) is 0 Å². The van der Waals surface area contributed by atoms with Crippen LogP contribution in [0.15, 0.2) is 18.2 Å². The van der Waals surface area contributed by atoms with Crippen molar-refractivity contribution in [2.75, 3.05) is 7.11 Å². The third-order valence-electron chi connectivity index (χ3n) is 2.71. The zero-order chi connectivity index (χ0) is 10.8. The van der Waals surface area contributed by atoms with E-state index in [0.717, 1.165) is 17.7 Å². The highest BCUT2D eigenvalue weighted by Crippen LogP contribution is 2.30. The summed E-state index contributed by atoms with van der Waals surface area (Å²) in [5, 5.41) is 0. The summed E-state index contributed by atoms with van der Waals surface area (Å²) in [6, 6.07) is 6.15. The van der Waals surface area contributed by atoms with Crippen LogP contribution in [0.1, 0.15) is 31.4 Å². The van der Waals surface area contributed by atoms with Crippen LogP contribution in [0.5, 0.6) is 5.75 Å². The van der Waals surface area contributed by atoms with E-state index in [9.17, 15) is 0 Å². The van der Waals surface area contributed by atoms with Crippen molar-refractivity contribution in [2.24, 2.45) is 5.73 Å². The molecule has 0 aliphatic heterocycles. The van der Waals surface area contributed by atoms with Crippen molar-refractivity contribution in [1.82, 2.24) is 0 Å². The zero-order valence-electron chi connectivity index (χ0n) is 9.42. The van der Waals surface area contributed by atoms with Gasteiger partial charge in [-0.2, -0.15) is 0 Å². The first kappa shape index (κ1) is 11.1. The van der Waals surface area contributed by atoms with Gasteiger partial charge in [0.25, 0.3) is 0 Å². The quantitative estimate of drug-likeness (QED) is 0.800. The van der Waals surface area contributed by atoms with Gasteiger partial charge in [-0.1, -0.05) is 19.1 Å². The van der Waals surface area contributed by atoms with Gasteiger partial charge in [-0.05, 0) is 31.9 Å². The number of aryl methyl sites for hydroxylation is 1. The minimum absolute atomic E-state index is 0.307. The molecule has 0 aromatic heterocycles. The Balaban J connectivity index is 3.20. The van der Waals surface area contributed by atoms with E-state index in [1.165, 1.54) is 5.56 Å². The number of hydrogen-bond acceptors (Lipinski definition) is 2. The first-order valence-electron chi connectivity index (χ1n) is 4.95. The highest BCUT2D eigenvalue weighted by atomic mass is 16.5. The molecule has 2 N–H and O–H groups in total. The first-order chi connectivity index (χ1) is 6.51. The van der Waals surface area contributed by atoms with Crippen LogP contribution in [0.2, 0.25) is 0 Å². The number of methoxy groups -OCH3 is 1. The Morgan fingerprint density at radius 1 is 1.43 bits per heavy atom. The SMILES string of the molecule is CCC(C)(N)c1ccc(C)cc1OC. The number of nitrogens with two attached hydrogens (primary N) is 1. The van der Waals surface area contributed by atoms with E-state index in [2.05, 4.69) is 19.1 Å². The van der Waals surface area contributed by atoms with Crippen LogP contribution < -0.4 is 10.5 Å². The highest BCUT2D eigenvalue weighted by molar-refractivity contribution is 5.41. The summed E-state index contributed by atoms with van der Waals surface area (Å²) in [5.41, 5.74) is 8.15. The van der Waals surface area contributed by atoms with Crippen molar-refractivity contribution in [3.05, 3.63) is 29.3 Å². The van der Waals surface area contributed by atoms with E-state index in [-0.39, 0.29) is 5.54 Å². The van der Waals surface area contributed by atoms with Crippen molar-refractivity contribution in [2.45, 2.75) is 32.7 Å². The van der Waals surface area contributed by atoms with Crippen LogP contribution in [0.4, 0.5) is 0 Å². The number of hydrogen-bond donors (Lipinski definition) is 1. The molecule has 0 spiro atoms. The second-order valence-corrected chi connectivity index (χ2v) is 3.97. The van der Waals surface area contributed by atoms with Crippen molar-refractivity contribution >= 4 is 0 Å². The van der Waals surface area contributed by atoms with E-state index in [1.807, 2.05) is 19.9 Å². The lowest BCUT2D eigenvalue weighted by Crippen LogP contribution is -2.32. The fourth-order valence-corrected chi connectivity index (χ4v) is 1.46. The molecular weight excluding hydrogens is 174 g/mol. The van der Waals surface area contributed by atoms with E-state index in [0.29, 0.717) is 0 Å². The van der Waals surface area contributed by atoms with Crippen LogP contribution in [-0.2, 0) is 5.54 Å². The Kier molecular flexibility index (Phi) is 3.17. The second kappa shape index (κ2) is 4.01. The Morgan fingerprint density at radius 2 is 2.07 bits per heavy atom. The third-order valence-corrected chi connectivity index (χ3v) is 2.71. The van der Waals surface area contributed by atoms with E-state index >= 15 is 0 Å². The third kappa shape index (κ3) is 2.07. The number of ether oxygens (including phenoxy) is 1. The Labute approximate surface area is 86.1 Å². The Morgan fingerprint density at radius 3 is 2.57 bits per heavy atom. The maximum Gasteiger partial charge on any atom is 0.124 e. The molecule has 1 unspecified atom stereocenters. The van der Waals surface area contributed by atoms with Crippen LogP contribution in [0, 0.1) is 6.92 Å². The van der Waals surface area contributed by atoms with Crippen LogP contribution in [-0.4, -0.2) is 7.11 Å². The molecule has 0 amide bonds. The van der Waals surface area contributed by atoms with Gasteiger partial charge in [0.1, 0.15) is 5.75 Å². The molecule has 0 aliphatic rings. The average Bonchev–Trinajstić information content (AvgIpc) is 2.17. The predicted molar refractivity (Wildman–Crippen MR) is 59.6 cm³/mol. The van der Waals surface area contributed by atoms with E-state index in [4.69, 9.17) is 10.5 Å². The molecule has 0 heterocycles. The Hall–Kier alpha value is -1.02. The van der Waals surface area contributed by atoms with Gasteiger partial charge in [0.15, 0.2) is 0 Å². The maximum atomic E-state index is 6.18. The van der Waals surface area contributed by atoms with Crippen LogP contribution >= 0.6 is 0 Å². The summed E-state index contributed by atoms with van der Waals surface area (Å²) in [7, 11) is 1.68. The summed E-state index contributed by atoms with van der Waals surface area (Å²) in [6.45, 7) is 6.16. The summed E-state index contributed by atoms with van der Waals surface area (Å²) in [4.78, 5) is 0. The molecule has 2 nitrogen and oxygen atoms in total. The molecule has 1 atom stereocenters. The largest absolute Gasteiger partial charge is 0.496 e. The predicted octanol–water partition coefficient (Wildman–Crippen LogP) is 2.59. The molecule has 1 aromatic carbocycles. The molecule has 1 aromatic rings. The standard InChI is InChI=1S/C12H19NO/c1-5-12(3,13)10-7-6-9(2)8-11(10)14-4/h6-8H,5,13H2,1-4H3. The van der Waals surface area contributed by atoms with Crippen LogP contribution in [0.3, 0.4) is 0 Å². The fraction of sp³-hybridized carbons (Fsp3) is 0.500. The summed E-state index contributed by atoms with van der Waals surface area (Å²) < 4.78 is 5.33. The summed E-state index contributed by atoms with van der Waals surface area (Å²) in [5.74, 6) is 0.886. The van der Waals surface area contributed by atoms with E-state index < -0.39 is 0 Å². The molecule has 0 fully saturated rings. The molecular formula is C12H19NO. The molecule has 0 radical (unpaired) electrons. The minimum Gasteiger partial charge on any atom is -0.496 e. The molecule has 2 heteroatoms. The topological polar surface area (TPSA) is 35.2 Å². The average molecular weight is 193 g/mol. The minimum atomic E-state index is -0.307. The Bertz CT molecular complexity index is 318.